The molecule has 0 aliphatic carbocycles. The van der Waals surface area contributed by atoms with Gasteiger partial charge in [0.2, 0.25) is 0 Å². The van der Waals surface area contributed by atoms with Crippen molar-refractivity contribution in [2.75, 3.05) is 0 Å². The Balaban J connectivity index is 2.40. The maximum Gasteiger partial charge on any atom is 0.325 e. The van der Waals surface area contributed by atoms with Crippen molar-refractivity contribution in [3.05, 3.63) is 79.9 Å². The molecule has 2 amide bonds. The van der Waals surface area contributed by atoms with Crippen molar-refractivity contribution in [1.29, 1.82) is 0 Å². The van der Waals surface area contributed by atoms with Gasteiger partial charge in [-0.05, 0) is 46.6 Å². The van der Waals surface area contributed by atoms with Crippen molar-refractivity contribution in [3.8, 4) is 0 Å². The number of nitro benzene ring substituents is 1. The largest absolute Gasteiger partial charge is 0.480 e. The van der Waals surface area contributed by atoms with Crippen LogP contribution in [0.25, 0.3) is 6.08 Å². The summed E-state index contributed by atoms with van der Waals surface area (Å²) in [6.07, 6.45) is 1.23. The molecular formula is C19H16BrN3O6. The topological polar surface area (TPSA) is 139 Å². The van der Waals surface area contributed by atoms with Crippen LogP contribution < -0.4 is 10.6 Å². The van der Waals surface area contributed by atoms with Gasteiger partial charge in [0.1, 0.15) is 11.7 Å². The van der Waals surface area contributed by atoms with Gasteiger partial charge in [0.05, 0.1) is 10.5 Å². The highest BCUT2D eigenvalue weighted by atomic mass is 79.9. The predicted octanol–water partition coefficient (Wildman–Crippen LogP) is 2.72. The first-order chi connectivity index (χ1) is 13.7. The molecule has 2 aromatic rings. The van der Waals surface area contributed by atoms with E-state index < -0.39 is 28.7 Å². The molecule has 0 spiro atoms. The van der Waals surface area contributed by atoms with Crippen molar-refractivity contribution in [2.45, 2.75) is 13.0 Å². The zero-order valence-electron chi connectivity index (χ0n) is 15.1. The number of nitrogens with one attached hydrogen (secondary N) is 2. The molecule has 0 aliphatic rings. The molecule has 9 nitrogen and oxygen atoms in total. The van der Waals surface area contributed by atoms with Crippen molar-refractivity contribution in [1.82, 2.24) is 10.6 Å². The van der Waals surface area contributed by atoms with Crippen LogP contribution in [-0.2, 0) is 9.59 Å². The van der Waals surface area contributed by atoms with E-state index in [1.54, 1.807) is 18.2 Å². The second-order valence-corrected chi connectivity index (χ2v) is 6.73. The number of aliphatic carboxylic acids is 1. The highest BCUT2D eigenvalue weighted by Gasteiger charge is 2.20. The molecule has 0 fully saturated rings. The fraction of sp³-hybridized carbons (Fsp3) is 0.105. The lowest BCUT2D eigenvalue weighted by Crippen LogP contribution is -2.42. The third-order valence-corrected chi connectivity index (χ3v) is 4.41. The number of hydrogen-bond acceptors (Lipinski definition) is 5. The fourth-order valence-corrected chi connectivity index (χ4v) is 2.69. The van der Waals surface area contributed by atoms with Crippen LogP contribution in [0, 0.1) is 10.1 Å². The van der Waals surface area contributed by atoms with Gasteiger partial charge in [-0.25, -0.2) is 0 Å². The first-order valence-electron chi connectivity index (χ1n) is 8.24. The lowest BCUT2D eigenvalue weighted by atomic mass is 10.1. The number of hydrogen-bond donors (Lipinski definition) is 3. The summed E-state index contributed by atoms with van der Waals surface area (Å²) in [6.45, 7) is 1.26. The normalized spacial score (nSPS) is 12.0. The minimum absolute atomic E-state index is 0.199. The molecule has 2 rings (SSSR count). The van der Waals surface area contributed by atoms with E-state index in [-0.39, 0.29) is 22.5 Å². The van der Waals surface area contributed by atoms with Gasteiger partial charge in [0, 0.05) is 16.6 Å². The van der Waals surface area contributed by atoms with E-state index in [9.17, 15) is 24.5 Å². The lowest BCUT2D eigenvalue weighted by molar-refractivity contribution is -0.384. The molecule has 0 aromatic heterocycles. The molecular weight excluding hydrogens is 446 g/mol. The Morgan fingerprint density at radius 3 is 2.48 bits per heavy atom. The summed E-state index contributed by atoms with van der Waals surface area (Å²) in [4.78, 5) is 46.5. The van der Waals surface area contributed by atoms with Crippen LogP contribution in [0.4, 0.5) is 5.69 Å². The molecule has 1 atom stereocenters. The number of carbonyl (C=O) groups is 3. The van der Waals surface area contributed by atoms with Crippen molar-refractivity contribution >= 4 is 45.5 Å². The number of benzene rings is 2. The van der Waals surface area contributed by atoms with Crippen LogP contribution in [0.15, 0.2) is 58.7 Å². The number of halogens is 1. The second kappa shape index (κ2) is 9.60. The monoisotopic (exact) mass is 461 g/mol. The maximum atomic E-state index is 12.6. The van der Waals surface area contributed by atoms with Crippen LogP contribution >= 0.6 is 15.9 Å². The molecule has 150 valence electrons. The first kappa shape index (κ1) is 21.8. The minimum atomic E-state index is -1.26. The second-order valence-electron chi connectivity index (χ2n) is 5.88. The highest BCUT2D eigenvalue weighted by Crippen LogP contribution is 2.18. The molecule has 0 bridgehead atoms. The van der Waals surface area contributed by atoms with E-state index in [1.807, 2.05) is 0 Å². The van der Waals surface area contributed by atoms with Gasteiger partial charge in [0.15, 0.2) is 0 Å². The zero-order chi connectivity index (χ0) is 21.6. The molecule has 3 N–H and O–H groups in total. The molecule has 29 heavy (non-hydrogen) atoms. The SMILES string of the molecule is C[C@H](NC(=O)/C(=C\c1cccc([N+](=O)[O-])c1)NC(=O)c1ccccc1Br)C(=O)O. The number of rotatable bonds is 7. The molecule has 0 saturated heterocycles. The number of carboxylic acid groups (broad SMARTS) is 1. The van der Waals surface area contributed by atoms with Gasteiger partial charge < -0.3 is 15.7 Å². The summed E-state index contributed by atoms with van der Waals surface area (Å²) in [6, 6.07) is 10.7. The number of amides is 2. The maximum absolute atomic E-state index is 12.6. The Morgan fingerprint density at radius 1 is 1.17 bits per heavy atom. The molecule has 0 radical (unpaired) electrons. The predicted molar refractivity (Wildman–Crippen MR) is 108 cm³/mol. The molecule has 10 heteroatoms. The van der Waals surface area contributed by atoms with Crippen LogP contribution in [-0.4, -0.2) is 33.9 Å². The Bertz CT molecular complexity index is 1000. The summed E-state index contributed by atoms with van der Waals surface area (Å²) in [5.41, 5.74) is 0.0603. The number of non-ortho nitro benzene ring substituents is 1. The average molecular weight is 462 g/mol. The van der Waals surface area contributed by atoms with Gasteiger partial charge in [-0.15, -0.1) is 0 Å². The molecule has 0 unspecified atom stereocenters. The van der Waals surface area contributed by atoms with E-state index in [4.69, 9.17) is 5.11 Å². The Hall–Kier alpha value is -3.53. The third-order valence-electron chi connectivity index (χ3n) is 3.72. The standard InChI is InChI=1S/C19H16BrN3O6/c1-11(19(26)27)21-18(25)16(10-12-5-4-6-13(9-12)23(28)29)22-17(24)14-7-2-3-8-15(14)20/h2-11H,1H3,(H,21,25)(H,22,24)(H,26,27)/b16-10+/t11-/m0/s1. The summed E-state index contributed by atoms with van der Waals surface area (Å²) in [5, 5.41) is 24.6. The summed E-state index contributed by atoms with van der Waals surface area (Å²) >= 11 is 3.24. The van der Waals surface area contributed by atoms with E-state index in [0.29, 0.717) is 4.47 Å². The number of carbonyl (C=O) groups excluding carboxylic acids is 2. The van der Waals surface area contributed by atoms with Crippen LogP contribution in [0.1, 0.15) is 22.8 Å². The highest BCUT2D eigenvalue weighted by molar-refractivity contribution is 9.10. The van der Waals surface area contributed by atoms with Gasteiger partial charge in [-0.2, -0.15) is 0 Å². The fourth-order valence-electron chi connectivity index (χ4n) is 2.22. The van der Waals surface area contributed by atoms with Gasteiger partial charge in [-0.1, -0.05) is 24.3 Å². The van der Waals surface area contributed by atoms with E-state index >= 15 is 0 Å². The van der Waals surface area contributed by atoms with Gasteiger partial charge in [0.25, 0.3) is 17.5 Å². The van der Waals surface area contributed by atoms with Gasteiger partial charge in [-0.3, -0.25) is 24.5 Å². The van der Waals surface area contributed by atoms with Crippen molar-refractivity contribution in [2.24, 2.45) is 0 Å². The molecule has 2 aromatic carbocycles. The number of nitro groups is 1. The summed E-state index contributed by atoms with van der Waals surface area (Å²) < 4.78 is 0.492. The number of nitrogens with zero attached hydrogens (tertiary/aromatic N) is 1. The summed E-state index contributed by atoms with van der Waals surface area (Å²) in [5.74, 6) is -2.73. The van der Waals surface area contributed by atoms with E-state index in [1.165, 1.54) is 43.3 Å². The lowest BCUT2D eigenvalue weighted by Gasteiger charge is -2.14. The zero-order valence-corrected chi connectivity index (χ0v) is 16.7. The molecule has 0 aliphatic heterocycles. The van der Waals surface area contributed by atoms with Crippen molar-refractivity contribution in [3.63, 3.8) is 0 Å². The quantitative estimate of drug-likeness (QED) is 0.329. The Kier molecular flexibility index (Phi) is 7.21. The molecule has 0 heterocycles. The van der Waals surface area contributed by atoms with E-state index in [2.05, 4.69) is 26.6 Å². The first-order valence-corrected chi connectivity index (χ1v) is 9.04. The smallest absolute Gasteiger partial charge is 0.325 e. The van der Waals surface area contributed by atoms with Gasteiger partial charge >= 0.3 is 5.97 Å². The minimum Gasteiger partial charge on any atom is -0.480 e. The van der Waals surface area contributed by atoms with Crippen LogP contribution in [0.2, 0.25) is 0 Å². The van der Waals surface area contributed by atoms with E-state index in [0.717, 1.165) is 0 Å². The van der Waals surface area contributed by atoms with Crippen molar-refractivity contribution < 1.29 is 24.4 Å². The average Bonchev–Trinajstić information content (AvgIpc) is 2.67. The third kappa shape index (κ3) is 5.98. The molecule has 0 saturated carbocycles. The van der Waals surface area contributed by atoms with Crippen LogP contribution in [0.3, 0.4) is 0 Å². The van der Waals surface area contributed by atoms with Crippen LogP contribution in [0.5, 0.6) is 0 Å². The summed E-state index contributed by atoms with van der Waals surface area (Å²) in [7, 11) is 0. The number of carboxylic acids is 1. The Labute approximate surface area is 173 Å². The Morgan fingerprint density at radius 2 is 1.86 bits per heavy atom.